The molecular formula is C28H27N3O2. The second kappa shape index (κ2) is 9.04. The summed E-state index contributed by atoms with van der Waals surface area (Å²) in [6.45, 7) is 1.54. The highest BCUT2D eigenvalue weighted by molar-refractivity contribution is 6.01. The van der Waals surface area contributed by atoms with Gasteiger partial charge in [0, 0.05) is 42.2 Å². The van der Waals surface area contributed by atoms with Crippen LogP contribution in [0.2, 0.25) is 0 Å². The Labute approximate surface area is 194 Å². The Morgan fingerprint density at radius 1 is 0.879 bits per heavy atom. The second-order valence-electron chi connectivity index (χ2n) is 8.68. The van der Waals surface area contributed by atoms with Crippen molar-refractivity contribution in [3.05, 3.63) is 84.2 Å². The third-order valence-corrected chi connectivity index (χ3v) is 6.10. The Morgan fingerprint density at radius 3 is 2.39 bits per heavy atom. The molecule has 0 bridgehead atoms. The van der Waals surface area contributed by atoms with E-state index in [2.05, 4.69) is 39.1 Å². The second-order valence-corrected chi connectivity index (χ2v) is 8.68. The zero-order valence-corrected chi connectivity index (χ0v) is 19.0. The molecule has 1 N–H and O–H groups in total. The maximum atomic E-state index is 12.1. The Balaban J connectivity index is 1.50. The zero-order chi connectivity index (χ0) is 22.8. The van der Waals surface area contributed by atoms with Gasteiger partial charge in [-0.3, -0.25) is 9.78 Å². The molecule has 2 heterocycles. The Bertz CT molecular complexity index is 1270. The maximum Gasteiger partial charge on any atom is 0.163 e. The minimum absolute atomic E-state index is 0.242. The topological polar surface area (TPSA) is 58.2 Å². The van der Waals surface area contributed by atoms with E-state index in [0.717, 1.165) is 63.5 Å². The summed E-state index contributed by atoms with van der Waals surface area (Å²) in [5.74, 6) is 1.11. The van der Waals surface area contributed by atoms with Gasteiger partial charge in [-0.2, -0.15) is 0 Å². The highest BCUT2D eigenvalue weighted by atomic mass is 16.5. The summed E-state index contributed by atoms with van der Waals surface area (Å²) in [5.41, 5.74) is 8.47. The lowest BCUT2D eigenvalue weighted by molar-refractivity contribution is 0.0994. The maximum absolute atomic E-state index is 12.1. The first-order valence-electron chi connectivity index (χ1n) is 11.3. The van der Waals surface area contributed by atoms with Crippen molar-refractivity contribution in [2.75, 3.05) is 27.2 Å². The van der Waals surface area contributed by atoms with E-state index in [4.69, 9.17) is 4.74 Å². The summed E-state index contributed by atoms with van der Waals surface area (Å²) in [5, 5.41) is 0. The molecule has 5 nitrogen and oxygen atoms in total. The van der Waals surface area contributed by atoms with E-state index < -0.39 is 0 Å². The molecule has 0 radical (unpaired) electrons. The highest BCUT2D eigenvalue weighted by Crippen LogP contribution is 2.37. The molecule has 0 atom stereocenters. The van der Waals surface area contributed by atoms with Gasteiger partial charge in [0.15, 0.2) is 5.78 Å². The van der Waals surface area contributed by atoms with Gasteiger partial charge in [-0.15, -0.1) is 0 Å². The van der Waals surface area contributed by atoms with Crippen molar-refractivity contribution >= 4 is 5.78 Å². The monoisotopic (exact) mass is 437 g/mol. The lowest BCUT2D eigenvalue weighted by Gasteiger charge is -2.11. The van der Waals surface area contributed by atoms with E-state index in [1.165, 1.54) is 0 Å². The van der Waals surface area contributed by atoms with Crippen LogP contribution in [0.5, 0.6) is 5.75 Å². The number of H-pyrrole nitrogens is 1. The summed E-state index contributed by atoms with van der Waals surface area (Å²) in [6, 6.07) is 20.6. The lowest BCUT2D eigenvalue weighted by atomic mass is 9.99. The Hall–Kier alpha value is -3.70. The molecule has 4 aromatic rings. The molecule has 5 rings (SSSR count). The molecule has 0 saturated heterocycles. The fraction of sp³-hybridized carbons (Fsp3) is 0.214. The third-order valence-electron chi connectivity index (χ3n) is 6.10. The average molecular weight is 438 g/mol. The van der Waals surface area contributed by atoms with E-state index >= 15 is 0 Å². The molecule has 2 aromatic heterocycles. The molecule has 5 heteroatoms. The lowest BCUT2D eigenvalue weighted by Crippen LogP contribution is -2.19. The minimum atomic E-state index is 0.242. The molecule has 0 aliphatic heterocycles. The largest absolute Gasteiger partial charge is 0.492 e. The van der Waals surface area contributed by atoms with Crippen molar-refractivity contribution < 1.29 is 9.53 Å². The smallest absolute Gasteiger partial charge is 0.163 e. The number of Topliss-reactive ketones (excluding diaryl/α,β-unsaturated/α-hetero) is 1. The van der Waals surface area contributed by atoms with E-state index in [-0.39, 0.29) is 5.78 Å². The fourth-order valence-electron chi connectivity index (χ4n) is 4.28. The first-order valence-corrected chi connectivity index (χ1v) is 11.3. The van der Waals surface area contributed by atoms with Crippen LogP contribution in [0.4, 0.5) is 0 Å². The van der Waals surface area contributed by atoms with Crippen LogP contribution >= 0.6 is 0 Å². The highest BCUT2D eigenvalue weighted by Gasteiger charge is 2.21. The number of ether oxygens (including phenoxy) is 1. The summed E-state index contributed by atoms with van der Waals surface area (Å²) >= 11 is 0. The summed E-state index contributed by atoms with van der Waals surface area (Å²) in [7, 11) is 4.07. The number of pyridine rings is 1. The van der Waals surface area contributed by atoms with Gasteiger partial charge in [0.25, 0.3) is 0 Å². The number of ketones is 1. The molecule has 1 aliphatic rings. The predicted octanol–water partition coefficient (Wildman–Crippen LogP) is 5.48. The van der Waals surface area contributed by atoms with Gasteiger partial charge >= 0.3 is 0 Å². The number of nitrogens with zero attached hydrogens (tertiary/aromatic N) is 2. The van der Waals surface area contributed by atoms with Crippen LogP contribution in [0.3, 0.4) is 0 Å². The van der Waals surface area contributed by atoms with E-state index in [0.29, 0.717) is 13.0 Å². The molecule has 0 amide bonds. The molecule has 0 saturated carbocycles. The van der Waals surface area contributed by atoms with Gasteiger partial charge in [0.1, 0.15) is 12.4 Å². The first-order chi connectivity index (χ1) is 16.1. The zero-order valence-electron chi connectivity index (χ0n) is 19.0. The van der Waals surface area contributed by atoms with E-state index in [1.54, 1.807) is 0 Å². The Kier molecular flexibility index (Phi) is 5.80. The molecule has 166 valence electrons. The Morgan fingerprint density at radius 2 is 1.64 bits per heavy atom. The number of aryl methyl sites for hydroxylation is 1. The van der Waals surface area contributed by atoms with Crippen LogP contribution in [0, 0.1) is 0 Å². The summed E-state index contributed by atoms with van der Waals surface area (Å²) in [6.07, 6.45) is 5.05. The van der Waals surface area contributed by atoms with Crippen LogP contribution in [-0.2, 0) is 6.42 Å². The fourth-order valence-corrected chi connectivity index (χ4v) is 4.28. The number of aromatic nitrogens is 2. The van der Waals surface area contributed by atoms with Crippen LogP contribution in [-0.4, -0.2) is 47.9 Å². The SMILES string of the molecule is CN(C)CCOc1ccc(-c2cc(-c3ccncc3)c(-c3ccc4c(c3)CCC4=O)[nH]2)cc1. The van der Waals surface area contributed by atoms with Gasteiger partial charge in [-0.1, -0.05) is 12.1 Å². The molecule has 0 fully saturated rings. The number of fused-ring (bicyclic) bond motifs is 1. The van der Waals surface area contributed by atoms with Crippen LogP contribution in [0.1, 0.15) is 22.3 Å². The first kappa shape index (κ1) is 21.2. The van der Waals surface area contributed by atoms with E-state index in [9.17, 15) is 4.79 Å². The van der Waals surface area contributed by atoms with Crippen molar-refractivity contribution in [3.8, 4) is 39.4 Å². The van der Waals surface area contributed by atoms with Gasteiger partial charge in [0.05, 0.1) is 5.69 Å². The number of benzene rings is 2. The molecule has 0 spiro atoms. The quantitative estimate of drug-likeness (QED) is 0.416. The standard InChI is InChI=1S/C28H27N3O2/c1-31(2)15-16-33-23-7-3-20(4-8-23)26-18-25(19-11-13-29-14-12-19)28(30-26)22-5-9-24-21(17-22)6-10-27(24)32/h3-5,7-9,11-14,17-18,30H,6,10,15-16H2,1-2H3. The number of rotatable bonds is 7. The summed E-state index contributed by atoms with van der Waals surface area (Å²) in [4.78, 5) is 22.0. The number of carbonyl (C=O) groups excluding carboxylic acids is 1. The van der Waals surface area contributed by atoms with Crippen molar-refractivity contribution in [1.82, 2.24) is 14.9 Å². The minimum Gasteiger partial charge on any atom is -0.492 e. The summed E-state index contributed by atoms with van der Waals surface area (Å²) < 4.78 is 5.84. The number of hydrogen-bond donors (Lipinski definition) is 1. The van der Waals surface area contributed by atoms with Crippen molar-refractivity contribution in [1.29, 1.82) is 0 Å². The van der Waals surface area contributed by atoms with Gasteiger partial charge in [-0.05, 0) is 91.3 Å². The van der Waals surface area contributed by atoms with E-state index in [1.807, 2.05) is 62.9 Å². The number of likely N-dealkylation sites (N-methyl/N-ethyl adjacent to an activating group) is 1. The van der Waals surface area contributed by atoms with Gasteiger partial charge in [0.2, 0.25) is 0 Å². The molecule has 0 unspecified atom stereocenters. The molecular weight excluding hydrogens is 410 g/mol. The van der Waals surface area contributed by atoms with Crippen molar-refractivity contribution in [2.24, 2.45) is 0 Å². The molecule has 33 heavy (non-hydrogen) atoms. The number of aromatic amines is 1. The average Bonchev–Trinajstić information content (AvgIpc) is 3.44. The van der Waals surface area contributed by atoms with Crippen molar-refractivity contribution in [3.63, 3.8) is 0 Å². The normalized spacial score (nSPS) is 12.9. The predicted molar refractivity (Wildman–Crippen MR) is 132 cm³/mol. The third kappa shape index (κ3) is 4.45. The van der Waals surface area contributed by atoms with Crippen LogP contribution in [0.15, 0.2) is 73.1 Å². The number of nitrogens with one attached hydrogen (secondary N) is 1. The van der Waals surface area contributed by atoms with Crippen molar-refractivity contribution in [2.45, 2.75) is 12.8 Å². The number of hydrogen-bond acceptors (Lipinski definition) is 4. The van der Waals surface area contributed by atoms with Crippen LogP contribution in [0.25, 0.3) is 33.6 Å². The molecule has 2 aromatic carbocycles. The van der Waals surface area contributed by atoms with Crippen LogP contribution < -0.4 is 4.74 Å². The van der Waals surface area contributed by atoms with Gasteiger partial charge in [-0.25, -0.2) is 0 Å². The molecule has 1 aliphatic carbocycles. The van der Waals surface area contributed by atoms with Gasteiger partial charge < -0.3 is 14.6 Å². The number of carbonyl (C=O) groups is 1.